The Morgan fingerprint density at radius 2 is 1.44 bits per heavy atom. The van der Waals surface area contributed by atoms with Crippen LogP contribution in [0.3, 0.4) is 0 Å². The number of benzene rings is 2. The van der Waals surface area contributed by atoms with Crippen LogP contribution in [-0.2, 0) is 9.31 Å². The molecule has 0 aromatic heterocycles. The van der Waals surface area contributed by atoms with Crippen molar-refractivity contribution in [3.8, 4) is 17.6 Å². The average molecular weight is 365 g/mol. The van der Waals surface area contributed by atoms with Gasteiger partial charge < -0.3 is 14.0 Å². The summed E-state index contributed by atoms with van der Waals surface area (Å²) in [5.41, 5.74) is 2.68. The highest BCUT2D eigenvalue weighted by Crippen LogP contribution is 2.22. The van der Waals surface area contributed by atoms with Crippen LogP contribution >= 0.6 is 0 Å². The maximum Gasteiger partial charge on any atom is 0.494 e. The van der Waals surface area contributed by atoms with Gasteiger partial charge in [-0.3, -0.25) is 0 Å². The predicted molar refractivity (Wildman–Crippen MR) is 109 cm³/mol. The normalized spacial score (nSPS) is 10.9. The average Bonchev–Trinajstić information content (AvgIpc) is 2.63. The second-order valence-corrected chi connectivity index (χ2v) is 7.54. The maximum absolute atomic E-state index is 8.88. The Hall–Kier alpha value is -2.29. The molecule has 5 heteroatoms. The summed E-state index contributed by atoms with van der Waals surface area (Å²) < 4.78 is 17.9. The molecule has 0 saturated heterocycles. The smallest absolute Gasteiger partial charge is 0.457 e. The molecule has 27 heavy (non-hydrogen) atoms. The molecule has 0 saturated carbocycles. The lowest BCUT2D eigenvalue weighted by Crippen LogP contribution is -2.40. The molecule has 0 spiro atoms. The van der Waals surface area contributed by atoms with Crippen LogP contribution in [0.1, 0.15) is 38.8 Å². The van der Waals surface area contributed by atoms with Gasteiger partial charge in [-0.2, -0.15) is 5.26 Å². The number of nitrogens with zero attached hydrogens (tertiary/aromatic N) is 1. The first kappa shape index (κ1) is 21.0. The summed E-state index contributed by atoms with van der Waals surface area (Å²) in [4.78, 5) is 0. The molecular weight excluding hydrogens is 337 g/mol. The third-order valence-electron chi connectivity index (χ3n) is 3.88. The third-order valence-corrected chi connectivity index (χ3v) is 3.88. The summed E-state index contributed by atoms with van der Waals surface area (Å²) in [6.45, 7) is 11.8. The fraction of sp³-hybridized carbons (Fsp3) is 0.409. The van der Waals surface area contributed by atoms with Gasteiger partial charge in [0.2, 0.25) is 0 Å². The van der Waals surface area contributed by atoms with Crippen molar-refractivity contribution in [2.75, 3.05) is 13.2 Å². The minimum absolute atomic E-state index is 0.376. The molecule has 0 aliphatic heterocycles. The number of ether oxygens (including phenoxy) is 1. The highest BCUT2D eigenvalue weighted by Gasteiger charge is 2.24. The molecule has 0 bridgehead atoms. The van der Waals surface area contributed by atoms with Crippen LogP contribution in [0.4, 0.5) is 0 Å². The molecular formula is C22H28BNO3. The molecule has 0 heterocycles. The van der Waals surface area contributed by atoms with E-state index in [1.807, 2.05) is 25.1 Å². The molecule has 2 aromatic carbocycles. The van der Waals surface area contributed by atoms with Gasteiger partial charge in [-0.05, 0) is 66.2 Å². The molecule has 142 valence electrons. The lowest BCUT2D eigenvalue weighted by atomic mass is 9.75. The first-order valence-corrected chi connectivity index (χ1v) is 9.40. The van der Waals surface area contributed by atoms with E-state index in [9.17, 15) is 0 Å². The molecule has 0 radical (unpaired) electrons. The molecule has 0 aliphatic rings. The highest BCUT2D eigenvalue weighted by molar-refractivity contribution is 6.61. The number of hydrogen-bond donors (Lipinski definition) is 0. The molecule has 2 aromatic rings. The minimum Gasteiger partial charge on any atom is -0.457 e. The van der Waals surface area contributed by atoms with Crippen molar-refractivity contribution >= 4 is 12.6 Å². The Balaban J connectivity index is 2.14. The fourth-order valence-electron chi connectivity index (χ4n) is 2.50. The Kier molecular flexibility index (Phi) is 7.90. The number of aryl methyl sites for hydroxylation is 1. The second kappa shape index (κ2) is 10.2. The van der Waals surface area contributed by atoms with E-state index in [0.29, 0.717) is 36.4 Å². The fourth-order valence-corrected chi connectivity index (χ4v) is 2.50. The van der Waals surface area contributed by atoms with Gasteiger partial charge in [-0.15, -0.1) is 0 Å². The zero-order valence-electron chi connectivity index (χ0n) is 16.9. The molecule has 0 fully saturated rings. The standard InChI is InChI=1S/C22H28BNO3/c1-16(2)14-25-23(26-15-17(3)4)22-11-10-21(12-18(22)5)27-20-8-6-19(13-24)7-9-20/h6-12,16-17H,14-15H2,1-5H3. The highest BCUT2D eigenvalue weighted by atomic mass is 16.6. The third kappa shape index (κ3) is 6.75. The summed E-state index contributed by atoms with van der Waals surface area (Å²) in [5, 5.41) is 8.88. The van der Waals surface area contributed by atoms with Gasteiger partial charge in [-0.25, -0.2) is 0 Å². The van der Waals surface area contributed by atoms with E-state index in [1.54, 1.807) is 24.3 Å². The number of nitriles is 1. The van der Waals surface area contributed by atoms with Crippen LogP contribution < -0.4 is 10.2 Å². The summed E-state index contributed by atoms with van der Waals surface area (Å²) in [6.07, 6.45) is 0. The van der Waals surface area contributed by atoms with Gasteiger partial charge in [0, 0.05) is 13.2 Å². The van der Waals surface area contributed by atoms with E-state index in [0.717, 1.165) is 16.8 Å². The lowest BCUT2D eigenvalue weighted by molar-refractivity contribution is 0.172. The summed E-state index contributed by atoms with van der Waals surface area (Å²) in [6, 6.07) is 15.1. The van der Waals surface area contributed by atoms with Crippen LogP contribution in [0.2, 0.25) is 0 Å². The number of hydrogen-bond acceptors (Lipinski definition) is 4. The molecule has 0 aliphatic carbocycles. The quantitative estimate of drug-likeness (QED) is 0.605. The van der Waals surface area contributed by atoms with Crippen molar-refractivity contribution in [2.24, 2.45) is 11.8 Å². The van der Waals surface area contributed by atoms with Gasteiger partial charge in [0.25, 0.3) is 0 Å². The van der Waals surface area contributed by atoms with E-state index >= 15 is 0 Å². The monoisotopic (exact) mass is 365 g/mol. The van der Waals surface area contributed by atoms with Crippen molar-refractivity contribution in [1.29, 1.82) is 5.26 Å². The van der Waals surface area contributed by atoms with Crippen molar-refractivity contribution in [2.45, 2.75) is 34.6 Å². The van der Waals surface area contributed by atoms with E-state index in [2.05, 4.69) is 33.8 Å². The number of rotatable bonds is 9. The van der Waals surface area contributed by atoms with Gasteiger partial charge in [0.15, 0.2) is 0 Å². The molecule has 0 amide bonds. The maximum atomic E-state index is 8.88. The first-order chi connectivity index (χ1) is 12.9. The van der Waals surface area contributed by atoms with Gasteiger partial charge in [-0.1, -0.05) is 33.8 Å². The summed E-state index contributed by atoms with van der Waals surface area (Å²) in [7, 11) is -0.376. The van der Waals surface area contributed by atoms with E-state index < -0.39 is 0 Å². The van der Waals surface area contributed by atoms with Crippen molar-refractivity contribution in [3.05, 3.63) is 53.6 Å². The van der Waals surface area contributed by atoms with E-state index in [-0.39, 0.29) is 7.12 Å². The zero-order chi connectivity index (χ0) is 19.8. The van der Waals surface area contributed by atoms with E-state index in [4.69, 9.17) is 19.3 Å². The van der Waals surface area contributed by atoms with Crippen LogP contribution in [-0.4, -0.2) is 20.3 Å². The van der Waals surface area contributed by atoms with Crippen LogP contribution in [0.15, 0.2) is 42.5 Å². The van der Waals surface area contributed by atoms with Crippen LogP contribution in [0.5, 0.6) is 11.5 Å². The first-order valence-electron chi connectivity index (χ1n) is 9.40. The summed E-state index contributed by atoms with van der Waals surface area (Å²) in [5.74, 6) is 2.32. The second-order valence-electron chi connectivity index (χ2n) is 7.54. The Morgan fingerprint density at radius 3 is 1.93 bits per heavy atom. The van der Waals surface area contributed by atoms with E-state index in [1.165, 1.54) is 0 Å². The van der Waals surface area contributed by atoms with Gasteiger partial charge in [0.05, 0.1) is 11.6 Å². The molecule has 0 unspecified atom stereocenters. The molecule has 2 rings (SSSR count). The predicted octanol–water partition coefficient (Wildman–Crippen LogP) is 4.70. The van der Waals surface area contributed by atoms with Crippen LogP contribution in [0, 0.1) is 30.1 Å². The Morgan fingerprint density at radius 1 is 0.889 bits per heavy atom. The molecule has 4 nitrogen and oxygen atoms in total. The zero-order valence-corrected chi connectivity index (χ0v) is 16.9. The molecule has 0 atom stereocenters. The van der Waals surface area contributed by atoms with Gasteiger partial charge in [0.1, 0.15) is 11.5 Å². The van der Waals surface area contributed by atoms with Gasteiger partial charge >= 0.3 is 7.12 Å². The minimum atomic E-state index is -0.376. The van der Waals surface area contributed by atoms with Crippen LogP contribution in [0.25, 0.3) is 0 Å². The summed E-state index contributed by atoms with van der Waals surface area (Å²) >= 11 is 0. The van der Waals surface area contributed by atoms with Crippen molar-refractivity contribution < 1.29 is 14.0 Å². The SMILES string of the molecule is Cc1cc(Oc2ccc(C#N)cc2)ccc1B(OCC(C)C)OCC(C)C. The Bertz CT molecular complexity index is 754. The lowest BCUT2D eigenvalue weighted by Gasteiger charge is -2.19. The Labute approximate surface area is 163 Å². The molecule has 0 N–H and O–H groups in total. The topological polar surface area (TPSA) is 51.5 Å². The van der Waals surface area contributed by atoms with Crippen molar-refractivity contribution in [3.63, 3.8) is 0 Å². The largest absolute Gasteiger partial charge is 0.494 e. The van der Waals surface area contributed by atoms with Crippen molar-refractivity contribution in [1.82, 2.24) is 0 Å².